The van der Waals surface area contributed by atoms with Crippen molar-refractivity contribution in [3.8, 4) is 23.0 Å². The highest BCUT2D eigenvalue weighted by molar-refractivity contribution is 7.98. The lowest BCUT2D eigenvalue weighted by Gasteiger charge is -2.06. The molecule has 0 amide bonds. The molecule has 5 aromatic rings. The Bertz CT molecular complexity index is 1260. The highest BCUT2D eigenvalue weighted by Crippen LogP contribution is 2.32. The third-order valence-electron chi connectivity index (χ3n) is 4.57. The monoisotopic (exact) mass is 399 g/mol. The van der Waals surface area contributed by atoms with Gasteiger partial charge in [0.25, 0.3) is 0 Å². The quantitative estimate of drug-likeness (QED) is 0.261. The molecule has 0 N–H and O–H groups in total. The van der Waals surface area contributed by atoms with Gasteiger partial charge >= 0.3 is 0 Å². The summed E-state index contributed by atoms with van der Waals surface area (Å²) >= 11 is 1.62. The fourth-order valence-corrected chi connectivity index (χ4v) is 4.10. The highest BCUT2D eigenvalue weighted by atomic mass is 32.2. The lowest BCUT2D eigenvalue weighted by molar-refractivity contribution is 0.540. The van der Waals surface area contributed by atoms with Gasteiger partial charge in [-0.15, -0.1) is 0 Å². The zero-order valence-electron chi connectivity index (χ0n) is 15.7. The third kappa shape index (κ3) is 3.54. The minimum Gasteiger partial charge on any atom is -0.461 e. The first-order chi connectivity index (χ1) is 14.3. The van der Waals surface area contributed by atoms with E-state index in [1.54, 1.807) is 18.0 Å². The molecule has 0 spiro atoms. The van der Waals surface area contributed by atoms with Crippen molar-refractivity contribution in [1.82, 2.24) is 15.0 Å². The zero-order chi connectivity index (χ0) is 19.6. The number of nitrogens with zero attached hydrogens (tertiary/aromatic N) is 3. The minimum absolute atomic E-state index is 0.582. The topological polar surface area (TPSA) is 65.0 Å². The predicted molar refractivity (Wildman–Crippen MR) is 113 cm³/mol. The summed E-state index contributed by atoms with van der Waals surface area (Å²) in [7, 11) is 0. The third-order valence-corrected chi connectivity index (χ3v) is 5.57. The average Bonchev–Trinajstić information content (AvgIpc) is 3.43. The van der Waals surface area contributed by atoms with Crippen LogP contribution in [0.15, 0.2) is 86.9 Å². The predicted octanol–water partition coefficient (Wildman–Crippen LogP) is 6.15. The number of hydrogen-bond donors (Lipinski definition) is 0. The summed E-state index contributed by atoms with van der Waals surface area (Å²) in [5.41, 5.74) is 2.77. The summed E-state index contributed by atoms with van der Waals surface area (Å²) in [6, 6.07) is 21.6. The number of hydrogen-bond acceptors (Lipinski definition) is 6. The van der Waals surface area contributed by atoms with E-state index < -0.39 is 0 Å². The van der Waals surface area contributed by atoms with Gasteiger partial charge in [-0.25, -0.2) is 15.0 Å². The maximum Gasteiger partial charge on any atom is 0.226 e. The van der Waals surface area contributed by atoms with Gasteiger partial charge in [0.15, 0.2) is 11.6 Å². The minimum atomic E-state index is 0.582. The molecule has 0 aliphatic heterocycles. The SMILES string of the molecule is Cc1oc(-c2ccccc2)nc1CSc1nc(-c2ccco2)nc2ccccc12. The summed E-state index contributed by atoms with van der Waals surface area (Å²) in [6.45, 7) is 1.95. The van der Waals surface area contributed by atoms with E-state index in [4.69, 9.17) is 18.8 Å². The Morgan fingerprint density at radius 3 is 2.52 bits per heavy atom. The zero-order valence-corrected chi connectivity index (χ0v) is 16.5. The maximum absolute atomic E-state index is 5.89. The Morgan fingerprint density at radius 2 is 1.69 bits per heavy atom. The summed E-state index contributed by atoms with van der Waals surface area (Å²) in [5, 5.41) is 1.91. The van der Waals surface area contributed by atoms with E-state index >= 15 is 0 Å². The fourth-order valence-electron chi connectivity index (χ4n) is 3.08. The lowest BCUT2D eigenvalue weighted by Crippen LogP contribution is -1.94. The van der Waals surface area contributed by atoms with Gasteiger partial charge in [0, 0.05) is 16.7 Å². The van der Waals surface area contributed by atoms with Crippen molar-refractivity contribution in [3.63, 3.8) is 0 Å². The van der Waals surface area contributed by atoms with Gasteiger partial charge in [-0.3, -0.25) is 0 Å². The molecule has 3 heterocycles. The second-order valence-electron chi connectivity index (χ2n) is 6.52. The van der Waals surface area contributed by atoms with Gasteiger partial charge in [0.05, 0.1) is 17.5 Å². The molecule has 3 aromatic heterocycles. The Labute approximate surface area is 171 Å². The average molecular weight is 399 g/mol. The summed E-state index contributed by atoms with van der Waals surface area (Å²) in [5.74, 6) is 3.35. The number of furan rings is 1. The first kappa shape index (κ1) is 17.7. The molecular formula is C23H17N3O2S. The van der Waals surface area contributed by atoms with Crippen LogP contribution in [-0.4, -0.2) is 15.0 Å². The van der Waals surface area contributed by atoms with Crippen molar-refractivity contribution in [3.05, 3.63) is 84.4 Å². The number of rotatable bonds is 5. The Hall–Kier alpha value is -3.38. The molecule has 0 saturated carbocycles. The molecule has 0 saturated heterocycles. The number of benzene rings is 2. The van der Waals surface area contributed by atoms with Crippen molar-refractivity contribution >= 4 is 22.7 Å². The van der Waals surface area contributed by atoms with Gasteiger partial charge in [0.1, 0.15) is 10.8 Å². The molecule has 0 atom stereocenters. The van der Waals surface area contributed by atoms with E-state index in [0.717, 1.165) is 32.9 Å². The van der Waals surface area contributed by atoms with E-state index in [0.29, 0.717) is 23.2 Å². The van der Waals surface area contributed by atoms with Crippen LogP contribution in [0, 0.1) is 6.92 Å². The molecule has 5 rings (SSSR count). The molecule has 6 heteroatoms. The van der Waals surface area contributed by atoms with Crippen molar-refractivity contribution in [1.29, 1.82) is 0 Å². The largest absolute Gasteiger partial charge is 0.461 e. The van der Waals surface area contributed by atoms with Crippen LogP contribution in [0.4, 0.5) is 0 Å². The van der Waals surface area contributed by atoms with Gasteiger partial charge in [-0.1, -0.05) is 48.2 Å². The number of aryl methyl sites for hydroxylation is 1. The van der Waals surface area contributed by atoms with Gasteiger partial charge < -0.3 is 8.83 Å². The second kappa shape index (κ2) is 7.56. The normalized spacial score (nSPS) is 11.2. The lowest BCUT2D eigenvalue weighted by atomic mass is 10.2. The number of thioether (sulfide) groups is 1. The number of oxazole rings is 1. The number of fused-ring (bicyclic) bond motifs is 1. The fraction of sp³-hybridized carbons (Fsp3) is 0.0870. The van der Waals surface area contributed by atoms with Gasteiger partial charge in [-0.2, -0.15) is 0 Å². The van der Waals surface area contributed by atoms with E-state index in [1.807, 2.05) is 73.7 Å². The molecule has 0 aliphatic rings. The van der Waals surface area contributed by atoms with Crippen LogP contribution < -0.4 is 0 Å². The van der Waals surface area contributed by atoms with E-state index in [-0.39, 0.29) is 0 Å². The van der Waals surface area contributed by atoms with Gasteiger partial charge in [-0.05, 0) is 37.3 Å². The van der Waals surface area contributed by atoms with Crippen LogP contribution in [0.3, 0.4) is 0 Å². The Balaban J connectivity index is 1.47. The van der Waals surface area contributed by atoms with Crippen molar-refractivity contribution in [2.24, 2.45) is 0 Å². The van der Waals surface area contributed by atoms with Crippen molar-refractivity contribution < 1.29 is 8.83 Å². The van der Waals surface area contributed by atoms with E-state index in [2.05, 4.69) is 4.98 Å². The molecule has 0 unspecified atom stereocenters. The Kier molecular flexibility index (Phi) is 4.62. The standard InChI is InChI=1S/C23H17N3O2S/c1-15-19(25-22(28-15)16-8-3-2-4-9-16)14-29-23-17-10-5-6-11-18(17)24-21(26-23)20-12-7-13-27-20/h2-13H,14H2,1H3. The summed E-state index contributed by atoms with van der Waals surface area (Å²) in [4.78, 5) is 14.1. The van der Waals surface area contributed by atoms with Crippen LogP contribution in [0.5, 0.6) is 0 Å². The van der Waals surface area contributed by atoms with Crippen LogP contribution >= 0.6 is 11.8 Å². The molecule has 0 fully saturated rings. The molecule has 142 valence electrons. The van der Waals surface area contributed by atoms with E-state index in [9.17, 15) is 0 Å². The first-order valence-corrected chi connectivity index (χ1v) is 10.2. The number of aromatic nitrogens is 3. The molecule has 29 heavy (non-hydrogen) atoms. The van der Waals surface area contributed by atoms with Crippen LogP contribution in [-0.2, 0) is 5.75 Å². The highest BCUT2D eigenvalue weighted by Gasteiger charge is 2.15. The molecule has 5 nitrogen and oxygen atoms in total. The first-order valence-electron chi connectivity index (χ1n) is 9.23. The molecule has 0 aliphatic carbocycles. The van der Waals surface area contributed by atoms with Crippen molar-refractivity contribution in [2.45, 2.75) is 17.7 Å². The smallest absolute Gasteiger partial charge is 0.226 e. The van der Waals surface area contributed by atoms with E-state index in [1.165, 1.54) is 0 Å². The second-order valence-corrected chi connectivity index (χ2v) is 7.49. The van der Waals surface area contributed by atoms with Crippen LogP contribution in [0.1, 0.15) is 11.5 Å². The van der Waals surface area contributed by atoms with Crippen LogP contribution in [0.2, 0.25) is 0 Å². The molecule has 0 bridgehead atoms. The summed E-state index contributed by atoms with van der Waals surface area (Å²) in [6.07, 6.45) is 1.63. The summed E-state index contributed by atoms with van der Waals surface area (Å²) < 4.78 is 11.4. The van der Waals surface area contributed by atoms with Crippen molar-refractivity contribution in [2.75, 3.05) is 0 Å². The molecule has 2 aromatic carbocycles. The number of para-hydroxylation sites is 1. The Morgan fingerprint density at radius 1 is 0.862 bits per heavy atom. The van der Waals surface area contributed by atoms with Crippen LogP contribution in [0.25, 0.3) is 33.9 Å². The van der Waals surface area contributed by atoms with Gasteiger partial charge in [0.2, 0.25) is 5.89 Å². The maximum atomic E-state index is 5.89. The molecular weight excluding hydrogens is 382 g/mol. The molecule has 0 radical (unpaired) electrons.